The van der Waals surface area contributed by atoms with Gasteiger partial charge in [-0.15, -0.1) is 0 Å². The summed E-state index contributed by atoms with van der Waals surface area (Å²) >= 11 is 7.66. The molecule has 1 aromatic carbocycles. The maximum atomic E-state index is 12.2. The molecule has 2 rings (SSSR count). The summed E-state index contributed by atoms with van der Waals surface area (Å²) in [4.78, 5) is 12.2. The standard InChI is InChI=1S/C14H20ClN3O4S2/c1-22-13-9-12(16)11(15)8-10(13)14(19)17-2-7-24(20,21)18-3-5-23-6-4-18/h8-9H,2-7,16H2,1H3,(H,17,19). The molecule has 0 radical (unpaired) electrons. The molecule has 0 aromatic heterocycles. The van der Waals surface area contributed by atoms with Crippen molar-refractivity contribution in [3.05, 3.63) is 22.7 Å². The Kier molecular flexibility index (Phi) is 6.62. The molecule has 134 valence electrons. The van der Waals surface area contributed by atoms with Gasteiger partial charge in [0.25, 0.3) is 5.91 Å². The first-order chi connectivity index (χ1) is 11.3. The second-order valence-corrected chi connectivity index (χ2v) is 8.88. The number of sulfonamides is 1. The van der Waals surface area contributed by atoms with Gasteiger partial charge in [-0.05, 0) is 6.07 Å². The van der Waals surface area contributed by atoms with E-state index in [0.717, 1.165) is 11.5 Å². The SMILES string of the molecule is COc1cc(N)c(Cl)cc1C(=O)NCCS(=O)(=O)N1CCSCC1. The van der Waals surface area contributed by atoms with E-state index in [1.807, 2.05) is 0 Å². The van der Waals surface area contributed by atoms with Gasteiger partial charge in [-0.1, -0.05) is 11.6 Å². The van der Waals surface area contributed by atoms with Crippen molar-refractivity contribution in [1.29, 1.82) is 0 Å². The van der Waals surface area contributed by atoms with Crippen LogP contribution in [0.5, 0.6) is 5.75 Å². The first-order valence-electron chi connectivity index (χ1n) is 7.32. The lowest BCUT2D eigenvalue weighted by molar-refractivity contribution is 0.0953. The predicted molar refractivity (Wildman–Crippen MR) is 97.4 cm³/mol. The topological polar surface area (TPSA) is 102 Å². The number of hydrogen-bond donors (Lipinski definition) is 2. The Hall–Kier alpha value is -1.16. The van der Waals surface area contributed by atoms with Crippen LogP contribution in [0.4, 0.5) is 5.69 Å². The van der Waals surface area contributed by atoms with Crippen molar-refractivity contribution in [3.63, 3.8) is 0 Å². The molecule has 0 saturated carbocycles. The summed E-state index contributed by atoms with van der Waals surface area (Å²) in [6.45, 7) is 1.04. The van der Waals surface area contributed by atoms with Crippen molar-refractivity contribution in [1.82, 2.24) is 9.62 Å². The summed E-state index contributed by atoms with van der Waals surface area (Å²) in [6.07, 6.45) is 0. The minimum atomic E-state index is -3.36. The Morgan fingerprint density at radius 2 is 2.08 bits per heavy atom. The van der Waals surface area contributed by atoms with Crippen molar-refractivity contribution in [3.8, 4) is 5.75 Å². The summed E-state index contributed by atoms with van der Waals surface area (Å²) < 4.78 is 31.0. The minimum Gasteiger partial charge on any atom is -0.496 e. The molecular formula is C14H20ClN3O4S2. The van der Waals surface area contributed by atoms with E-state index in [1.54, 1.807) is 11.8 Å². The van der Waals surface area contributed by atoms with E-state index < -0.39 is 15.9 Å². The molecule has 1 amide bonds. The molecule has 1 saturated heterocycles. The lowest BCUT2D eigenvalue weighted by Gasteiger charge is -2.25. The number of methoxy groups -OCH3 is 1. The zero-order valence-electron chi connectivity index (χ0n) is 13.2. The maximum absolute atomic E-state index is 12.2. The first kappa shape index (κ1) is 19.2. The van der Waals surface area contributed by atoms with E-state index in [-0.39, 0.29) is 28.6 Å². The summed E-state index contributed by atoms with van der Waals surface area (Å²) in [5.41, 5.74) is 6.19. The number of thioether (sulfide) groups is 1. The highest BCUT2D eigenvalue weighted by Gasteiger charge is 2.24. The fraction of sp³-hybridized carbons (Fsp3) is 0.500. The zero-order valence-corrected chi connectivity index (χ0v) is 15.6. The molecule has 3 N–H and O–H groups in total. The number of anilines is 1. The van der Waals surface area contributed by atoms with Gasteiger partial charge in [0, 0.05) is 37.2 Å². The van der Waals surface area contributed by atoms with Crippen LogP contribution in [0.15, 0.2) is 12.1 Å². The molecule has 0 bridgehead atoms. The van der Waals surface area contributed by atoms with E-state index in [1.165, 1.54) is 23.5 Å². The summed E-state index contributed by atoms with van der Waals surface area (Å²) in [7, 11) is -1.95. The number of carbonyl (C=O) groups is 1. The van der Waals surface area contributed by atoms with Gasteiger partial charge in [0.05, 0.1) is 29.1 Å². The second kappa shape index (κ2) is 8.28. The molecule has 10 heteroatoms. The zero-order chi connectivity index (χ0) is 17.7. The predicted octanol–water partition coefficient (Wildman–Crippen LogP) is 1.04. The summed E-state index contributed by atoms with van der Waals surface area (Å²) in [6, 6.07) is 2.86. The van der Waals surface area contributed by atoms with Gasteiger partial charge < -0.3 is 15.8 Å². The van der Waals surface area contributed by atoms with E-state index in [4.69, 9.17) is 22.1 Å². The highest BCUT2D eigenvalue weighted by molar-refractivity contribution is 7.99. The Morgan fingerprint density at radius 1 is 1.42 bits per heavy atom. The Balaban J connectivity index is 1.97. The number of nitrogens with one attached hydrogen (secondary N) is 1. The summed E-state index contributed by atoms with van der Waals surface area (Å²) in [5.74, 6) is 1.27. The largest absolute Gasteiger partial charge is 0.496 e. The van der Waals surface area contributed by atoms with E-state index in [0.29, 0.717) is 18.8 Å². The maximum Gasteiger partial charge on any atom is 0.255 e. The molecule has 1 aliphatic rings. The number of halogens is 1. The van der Waals surface area contributed by atoms with Gasteiger partial charge in [0.1, 0.15) is 5.75 Å². The van der Waals surface area contributed by atoms with Crippen molar-refractivity contribution in [2.24, 2.45) is 0 Å². The molecule has 0 unspecified atom stereocenters. The van der Waals surface area contributed by atoms with Gasteiger partial charge in [-0.3, -0.25) is 4.79 Å². The first-order valence-corrected chi connectivity index (χ1v) is 10.5. The van der Waals surface area contributed by atoms with Crippen LogP contribution < -0.4 is 15.8 Å². The number of hydrogen-bond acceptors (Lipinski definition) is 6. The van der Waals surface area contributed by atoms with Gasteiger partial charge in [-0.2, -0.15) is 11.8 Å². The fourth-order valence-electron chi connectivity index (χ4n) is 2.26. The number of amides is 1. The molecule has 0 aliphatic carbocycles. The molecule has 7 nitrogen and oxygen atoms in total. The molecule has 0 spiro atoms. The Bertz CT molecular complexity index is 706. The monoisotopic (exact) mass is 393 g/mol. The van der Waals surface area contributed by atoms with Crippen molar-refractivity contribution in [2.45, 2.75) is 0 Å². The number of carbonyl (C=O) groups excluding carboxylic acids is 1. The number of nitrogens with zero attached hydrogens (tertiary/aromatic N) is 1. The van der Waals surface area contributed by atoms with Crippen LogP contribution in [-0.2, 0) is 10.0 Å². The molecular weight excluding hydrogens is 374 g/mol. The molecule has 1 fully saturated rings. The molecule has 1 aromatic rings. The average Bonchev–Trinajstić information content (AvgIpc) is 2.57. The number of benzene rings is 1. The van der Waals surface area contributed by atoms with E-state index >= 15 is 0 Å². The average molecular weight is 394 g/mol. The lowest BCUT2D eigenvalue weighted by Crippen LogP contribution is -2.41. The molecule has 1 aliphatic heterocycles. The van der Waals surface area contributed by atoms with Gasteiger partial charge in [-0.25, -0.2) is 12.7 Å². The fourth-order valence-corrected chi connectivity index (χ4v) is 4.91. The molecule has 1 heterocycles. The van der Waals surface area contributed by atoms with E-state index in [2.05, 4.69) is 5.32 Å². The minimum absolute atomic E-state index is 0.00988. The smallest absolute Gasteiger partial charge is 0.255 e. The van der Waals surface area contributed by atoms with Crippen LogP contribution in [0.3, 0.4) is 0 Å². The van der Waals surface area contributed by atoms with Gasteiger partial charge in [0.15, 0.2) is 0 Å². The van der Waals surface area contributed by atoms with Crippen LogP contribution in [0.1, 0.15) is 10.4 Å². The quantitative estimate of drug-likeness (QED) is 0.700. The van der Waals surface area contributed by atoms with Gasteiger partial charge >= 0.3 is 0 Å². The van der Waals surface area contributed by atoms with E-state index in [9.17, 15) is 13.2 Å². The lowest BCUT2D eigenvalue weighted by atomic mass is 10.1. The molecule has 0 atom stereocenters. The Labute approximate surface area is 150 Å². The third-order valence-electron chi connectivity index (χ3n) is 3.57. The van der Waals surface area contributed by atoms with Crippen LogP contribution in [0, 0.1) is 0 Å². The van der Waals surface area contributed by atoms with Gasteiger partial charge in [0.2, 0.25) is 10.0 Å². The van der Waals surface area contributed by atoms with Crippen LogP contribution in [-0.4, -0.2) is 62.6 Å². The number of nitrogens with two attached hydrogens (primary N) is 1. The second-order valence-electron chi connectivity index (χ2n) is 5.16. The number of rotatable bonds is 6. The number of ether oxygens (including phenoxy) is 1. The highest BCUT2D eigenvalue weighted by atomic mass is 35.5. The highest BCUT2D eigenvalue weighted by Crippen LogP contribution is 2.28. The van der Waals surface area contributed by atoms with Crippen LogP contribution in [0.2, 0.25) is 5.02 Å². The Morgan fingerprint density at radius 3 is 2.71 bits per heavy atom. The molecule has 24 heavy (non-hydrogen) atoms. The van der Waals surface area contributed by atoms with Crippen molar-refractivity contribution >= 4 is 45.0 Å². The van der Waals surface area contributed by atoms with Crippen molar-refractivity contribution < 1.29 is 17.9 Å². The third kappa shape index (κ3) is 4.69. The third-order valence-corrected chi connectivity index (χ3v) is 6.71. The van der Waals surface area contributed by atoms with Crippen LogP contribution in [0.25, 0.3) is 0 Å². The van der Waals surface area contributed by atoms with Crippen LogP contribution >= 0.6 is 23.4 Å². The summed E-state index contributed by atoms with van der Waals surface area (Å²) in [5, 5.41) is 2.82. The number of nitrogen functional groups attached to an aromatic ring is 1. The van der Waals surface area contributed by atoms with Crippen molar-refractivity contribution in [2.75, 3.05) is 49.7 Å². The normalized spacial score (nSPS) is 15.9.